The lowest BCUT2D eigenvalue weighted by Crippen LogP contribution is -2.37. The number of likely N-dealkylation sites (N-methyl/N-ethyl adjacent to an activating group) is 1. The molecule has 2 rings (SSSR count). The van der Waals surface area contributed by atoms with Crippen LogP contribution < -0.4 is 5.32 Å². The van der Waals surface area contributed by atoms with E-state index in [1.807, 2.05) is 19.0 Å². The maximum Gasteiger partial charge on any atom is 0.336 e. The molecular formula is C24H31BrN2O6. The quantitative estimate of drug-likeness (QED) is 0.376. The molecule has 0 radical (unpaired) electrons. The molecule has 1 aliphatic rings. The third-order valence-corrected chi connectivity index (χ3v) is 4.82. The number of esters is 2. The lowest BCUT2D eigenvalue weighted by molar-refractivity contribution is -0.139. The highest BCUT2D eigenvalue weighted by molar-refractivity contribution is 8.93. The van der Waals surface area contributed by atoms with E-state index in [2.05, 4.69) is 5.32 Å². The van der Waals surface area contributed by atoms with E-state index in [0.717, 1.165) is 6.08 Å². The summed E-state index contributed by atoms with van der Waals surface area (Å²) in [6.07, 6.45) is 2.47. The zero-order chi connectivity index (χ0) is 23.8. The molecule has 2 N–H and O–H groups in total. The number of carbonyl (C=O) groups excluding carboxylic acids is 2. The number of allylic oxidation sites excluding steroid dienone is 1. The molecule has 1 unspecified atom stereocenters. The monoisotopic (exact) mass is 522 g/mol. The zero-order valence-electron chi connectivity index (χ0n) is 19.5. The normalized spacial score (nSPS) is 15.9. The van der Waals surface area contributed by atoms with E-state index in [-0.39, 0.29) is 35.8 Å². The molecule has 1 aliphatic heterocycles. The van der Waals surface area contributed by atoms with Gasteiger partial charge in [0.15, 0.2) is 0 Å². The van der Waals surface area contributed by atoms with Crippen LogP contribution in [0.25, 0.3) is 6.08 Å². The summed E-state index contributed by atoms with van der Waals surface area (Å²) in [7, 11) is 3.74. The predicted molar refractivity (Wildman–Crippen MR) is 131 cm³/mol. The summed E-state index contributed by atoms with van der Waals surface area (Å²) in [6.45, 7) is 5.93. The Bertz CT molecular complexity index is 981. The lowest BCUT2D eigenvalue weighted by atomic mass is 9.78. The number of carboxylic acids is 1. The average Bonchev–Trinajstić information content (AvgIpc) is 2.71. The number of carboxylic acid groups (broad SMARTS) is 1. The van der Waals surface area contributed by atoms with E-state index in [1.165, 1.54) is 6.08 Å². The van der Waals surface area contributed by atoms with E-state index in [4.69, 9.17) is 14.6 Å². The van der Waals surface area contributed by atoms with Crippen LogP contribution in [0.2, 0.25) is 0 Å². The second kappa shape index (κ2) is 13.0. The Morgan fingerprint density at radius 1 is 1.06 bits per heavy atom. The first-order valence-electron chi connectivity index (χ1n) is 10.4. The van der Waals surface area contributed by atoms with Crippen molar-refractivity contribution in [1.29, 1.82) is 0 Å². The molecule has 0 spiro atoms. The molecule has 180 valence electrons. The second-order valence-electron chi connectivity index (χ2n) is 7.47. The van der Waals surface area contributed by atoms with Gasteiger partial charge in [0.1, 0.15) is 0 Å². The molecule has 0 saturated heterocycles. The second-order valence-corrected chi connectivity index (χ2v) is 7.47. The van der Waals surface area contributed by atoms with Crippen LogP contribution >= 0.6 is 17.0 Å². The molecule has 0 aliphatic carbocycles. The summed E-state index contributed by atoms with van der Waals surface area (Å²) in [5, 5.41) is 12.3. The minimum absolute atomic E-state index is 0. The number of rotatable bonds is 9. The number of hydrogen-bond acceptors (Lipinski definition) is 7. The summed E-state index contributed by atoms with van der Waals surface area (Å²) >= 11 is 0. The van der Waals surface area contributed by atoms with Crippen LogP contribution in [0, 0.1) is 0 Å². The fourth-order valence-corrected chi connectivity index (χ4v) is 3.66. The van der Waals surface area contributed by atoms with Crippen LogP contribution in [0.5, 0.6) is 0 Å². The van der Waals surface area contributed by atoms with Crippen molar-refractivity contribution in [1.82, 2.24) is 10.2 Å². The van der Waals surface area contributed by atoms with Gasteiger partial charge >= 0.3 is 17.9 Å². The van der Waals surface area contributed by atoms with Gasteiger partial charge in [-0.1, -0.05) is 24.3 Å². The Morgan fingerprint density at radius 3 is 2.18 bits per heavy atom. The average molecular weight is 523 g/mol. The van der Waals surface area contributed by atoms with Gasteiger partial charge in [0.2, 0.25) is 0 Å². The molecule has 0 bridgehead atoms. The fraction of sp³-hybridized carbons (Fsp3) is 0.375. The Kier molecular flexibility index (Phi) is 11.0. The van der Waals surface area contributed by atoms with Gasteiger partial charge in [0, 0.05) is 24.0 Å². The molecule has 33 heavy (non-hydrogen) atoms. The Labute approximate surface area is 204 Å². The van der Waals surface area contributed by atoms with Gasteiger partial charge in [-0.05, 0) is 52.1 Å². The summed E-state index contributed by atoms with van der Waals surface area (Å²) < 4.78 is 10.7. The van der Waals surface area contributed by atoms with E-state index in [0.29, 0.717) is 34.6 Å². The summed E-state index contributed by atoms with van der Waals surface area (Å²) in [5.41, 5.74) is 2.94. The van der Waals surface area contributed by atoms with Gasteiger partial charge < -0.3 is 24.8 Å². The van der Waals surface area contributed by atoms with E-state index in [9.17, 15) is 14.4 Å². The van der Waals surface area contributed by atoms with Gasteiger partial charge in [-0.3, -0.25) is 0 Å². The summed E-state index contributed by atoms with van der Waals surface area (Å²) in [5.74, 6) is -2.99. The standard InChI is InChI=1S/C24H30N2O6.BrH/c1-6-31-23(29)20-15(3)25-18(14-26(4)5)22(24(30)32-7-2)21(20)17-11-9-8-10-16(17)12-13-19(27)28;/h8-13,21,25H,6-7,14H2,1-5H3,(H,27,28);1H/b13-12+;. The smallest absolute Gasteiger partial charge is 0.336 e. The molecular weight excluding hydrogens is 492 g/mol. The number of nitrogens with one attached hydrogen (secondary N) is 1. The third kappa shape index (κ3) is 7.03. The van der Waals surface area contributed by atoms with Crippen LogP contribution in [-0.4, -0.2) is 61.8 Å². The van der Waals surface area contributed by atoms with E-state index in [1.54, 1.807) is 45.0 Å². The number of benzene rings is 1. The van der Waals surface area contributed by atoms with Gasteiger partial charge in [0.05, 0.1) is 30.3 Å². The van der Waals surface area contributed by atoms with Gasteiger partial charge in [-0.25, -0.2) is 14.4 Å². The Balaban J connectivity index is 0.00000544. The highest BCUT2D eigenvalue weighted by Gasteiger charge is 2.39. The molecule has 1 heterocycles. The maximum absolute atomic E-state index is 13.2. The van der Waals surface area contributed by atoms with Crippen molar-refractivity contribution in [2.75, 3.05) is 33.9 Å². The van der Waals surface area contributed by atoms with Crippen LogP contribution in [0.3, 0.4) is 0 Å². The van der Waals surface area contributed by atoms with E-state index >= 15 is 0 Å². The number of aliphatic carboxylic acids is 1. The molecule has 9 heteroatoms. The molecule has 8 nitrogen and oxygen atoms in total. The number of ether oxygens (including phenoxy) is 2. The van der Waals surface area contributed by atoms with Crippen molar-refractivity contribution in [2.24, 2.45) is 0 Å². The molecule has 1 atom stereocenters. The number of carbonyl (C=O) groups is 3. The zero-order valence-corrected chi connectivity index (χ0v) is 21.2. The van der Waals surface area contributed by atoms with Crippen LogP contribution in [-0.2, 0) is 23.9 Å². The van der Waals surface area contributed by atoms with Gasteiger partial charge in [-0.2, -0.15) is 0 Å². The van der Waals surface area contributed by atoms with E-state index < -0.39 is 23.8 Å². The maximum atomic E-state index is 13.2. The first-order chi connectivity index (χ1) is 15.2. The minimum Gasteiger partial charge on any atom is -0.478 e. The largest absolute Gasteiger partial charge is 0.478 e. The molecule has 0 fully saturated rings. The first kappa shape index (κ1) is 28.1. The number of dihydropyridines is 1. The molecule has 0 aromatic heterocycles. The summed E-state index contributed by atoms with van der Waals surface area (Å²) in [4.78, 5) is 39.2. The van der Waals surface area contributed by atoms with Crippen molar-refractivity contribution in [3.63, 3.8) is 0 Å². The van der Waals surface area contributed by atoms with Crippen molar-refractivity contribution >= 4 is 41.0 Å². The highest BCUT2D eigenvalue weighted by atomic mass is 79.9. The summed E-state index contributed by atoms with van der Waals surface area (Å²) in [6, 6.07) is 7.06. The number of hydrogen-bond donors (Lipinski definition) is 2. The lowest BCUT2D eigenvalue weighted by Gasteiger charge is -2.33. The van der Waals surface area contributed by atoms with Crippen molar-refractivity contribution in [3.05, 3.63) is 64.0 Å². The van der Waals surface area contributed by atoms with Crippen molar-refractivity contribution < 1.29 is 29.0 Å². The molecule has 0 amide bonds. The number of halogens is 1. The molecule has 1 aromatic rings. The molecule has 0 saturated carbocycles. The number of nitrogens with zero attached hydrogens (tertiary/aromatic N) is 1. The third-order valence-electron chi connectivity index (χ3n) is 4.82. The first-order valence-corrected chi connectivity index (χ1v) is 10.4. The van der Waals surface area contributed by atoms with Crippen LogP contribution in [0.15, 0.2) is 52.9 Å². The predicted octanol–water partition coefficient (Wildman–Crippen LogP) is 3.27. The van der Waals surface area contributed by atoms with Gasteiger partial charge in [-0.15, -0.1) is 17.0 Å². The van der Waals surface area contributed by atoms with Crippen LogP contribution in [0.1, 0.15) is 37.8 Å². The Hall–Kier alpha value is -2.91. The van der Waals surface area contributed by atoms with Gasteiger partial charge in [0.25, 0.3) is 0 Å². The molecule has 1 aromatic carbocycles. The SMILES string of the molecule is Br.CCOC(=O)C1=C(C)NC(CN(C)C)=C(C(=O)OCC)C1c1ccccc1/C=C/C(=O)O. The topological polar surface area (TPSA) is 105 Å². The van der Waals surface area contributed by atoms with Crippen molar-refractivity contribution in [2.45, 2.75) is 26.7 Å². The highest BCUT2D eigenvalue weighted by Crippen LogP contribution is 2.41. The minimum atomic E-state index is -1.10. The fourth-order valence-electron chi connectivity index (χ4n) is 3.66. The van der Waals surface area contributed by atoms with Crippen LogP contribution in [0.4, 0.5) is 0 Å². The van der Waals surface area contributed by atoms with Crippen molar-refractivity contribution in [3.8, 4) is 0 Å². The Morgan fingerprint density at radius 2 is 1.64 bits per heavy atom.